The summed E-state index contributed by atoms with van der Waals surface area (Å²) in [5.74, 6) is 3.14. The van der Waals surface area contributed by atoms with Gasteiger partial charge in [0, 0.05) is 19.4 Å². The van der Waals surface area contributed by atoms with Crippen LogP contribution in [0.1, 0.15) is 50.7 Å². The second-order valence-corrected chi connectivity index (χ2v) is 5.06. The van der Waals surface area contributed by atoms with Crippen molar-refractivity contribution in [3.63, 3.8) is 0 Å². The van der Waals surface area contributed by atoms with Crippen molar-refractivity contribution in [1.29, 1.82) is 0 Å². The number of rotatable bonds is 7. The summed E-state index contributed by atoms with van der Waals surface area (Å²) in [6.07, 6.45) is 8.31. The Labute approximate surface area is 104 Å². The van der Waals surface area contributed by atoms with Crippen molar-refractivity contribution in [2.45, 2.75) is 58.4 Å². The summed E-state index contributed by atoms with van der Waals surface area (Å²) in [5.41, 5.74) is 5.67. The number of nitrogens with two attached hydrogens (primary N) is 1. The zero-order chi connectivity index (χ0) is 12.1. The van der Waals surface area contributed by atoms with Crippen LogP contribution in [0, 0.1) is 5.92 Å². The lowest BCUT2D eigenvalue weighted by Crippen LogP contribution is -2.11. The molecule has 1 aliphatic heterocycles. The fourth-order valence-electron chi connectivity index (χ4n) is 2.81. The quantitative estimate of drug-likeness (QED) is 0.787. The molecule has 2 heterocycles. The maximum atomic E-state index is 5.67. The third-order valence-corrected chi connectivity index (χ3v) is 3.73. The Kier molecular flexibility index (Phi) is 4.54. The highest BCUT2D eigenvalue weighted by molar-refractivity contribution is 5.00. The van der Waals surface area contributed by atoms with E-state index in [2.05, 4.69) is 21.7 Å². The van der Waals surface area contributed by atoms with E-state index in [4.69, 9.17) is 5.73 Å². The number of aromatic nitrogens is 3. The topological polar surface area (TPSA) is 56.7 Å². The molecule has 0 saturated heterocycles. The molecule has 2 N–H and O–H groups in total. The van der Waals surface area contributed by atoms with Gasteiger partial charge in [-0.3, -0.25) is 0 Å². The maximum absolute atomic E-state index is 5.67. The maximum Gasteiger partial charge on any atom is 0.133 e. The molecule has 0 radical (unpaired) electrons. The molecule has 0 saturated carbocycles. The molecule has 1 aromatic rings. The van der Waals surface area contributed by atoms with Crippen molar-refractivity contribution in [2.24, 2.45) is 11.7 Å². The van der Waals surface area contributed by atoms with Crippen LogP contribution in [0.2, 0.25) is 0 Å². The lowest BCUT2D eigenvalue weighted by Gasteiger charge is -2.14. The van der Waals surface area contributed by atoms with Crippen LogP contribution in [0.5, 0.6) is 0 Å². The standard InChI is InChI=1S/C13H24N4/c1-2-4-11(8-9-14)6-7-13-16-15-12-5-3-10-17(12)13/h11H,2-10,14H2,1H3. The molecule has 1 unspecified atom stereocenters. The molecule has 96 valence electrons. The summed E-state index contributed by atoms with van der Waals surface area (Å²) in [7, 11) is 0. The third-order valence-electron chi connectivity index (χ3n) is 3.73. The van der Waals surface area contributed by atoms with Gasteiger partial charge in [0.05, 0.1) is 0 Å². The van der Waals surface area contributed by atoms with E-state index in [0.29, 0.717) is 0 Å². The zero-order valence-electron chi connectivity index (χ0n) is 10.9. The largest absolute Gasteiger partial charge is 0.330 e. The van der Waals surface area contributed by atoms with Gasteiger partial charge in [-0.25, -0.2) is 0 Å². The Morgan fingerprint density at radius 2 is 2.18 bits per heavy atom. The van der Waals surface area contributed by atoms with Crippen LogP contribution < -0.4 is 5.73 Å². The molecule has 0 spiro atoms. The second kappa shape index (κ2) is 6.15. The van der Waals surface area contributed by atoms with Gasteiger partial charge in [-0.05, 0) is 31.7 Å². The van der Waals surface area contributed by atoms with Crippen LogP contribution in [0.4, 0.5) is 0 Å². The average molecular weight is 236 g/mol. The van der Waals surface area contributed by atoms with E-state index in [9.17, 15) is 0 Å². The van der Waals surface area contributed by atoms with Gasteiger partial charge < -0.3 is 10.3 Å². The summed E-state index contributed by atoms with van der Waals surface area (Å²) in [4.78, 5) is 0. The van der Waals surface area contributed by atoms with Crippen molar-refractivity contribution >= 4 is 0 Å². The fraction of sp³-hybridized carbons (Fsp3) is 0.846. The van der Waals surface area contributed by atoms with Crippen LogP contribution in [0.25, 0.3) is 0 Å². The highest BCUT2D eigenvalue weighted by atomic mass is 15.3. The highest BCUT2D eigenvalue weighted by Crippen LogP contribution is 2.20. The van der Waals surface area contributed by atoms with E-state index in [-0.39, 0.29) is 0 Å². The monoisotopic (exact) mass is 236 g/mol. The highest BCUT2D eigenvalue weighted by Gasteiger charge is 2.17. The van der Waals surface area contributed by atoms with E-state index in [0.717, 1.165) is 38.3 Å². The zero-order valence-corrected chi connectivity index (χ0v) is 10.9. The first-order valence-electron chi connectivity index (χ1n) is 6.96. The summed E-state index contributed by atoms with van der Waals surface area (Å²) in [5, 5.41) is 8.57. The summed E-state index contributed by atoms with van der Waals surface area (Å²) < 4.78 is 2.31. The fourth-order valence-corrected chi connectivity index (χ4v) is 2.81. The first-order chi connectivity index (χ1) is 8.35. The third kappa shape index (κ3) is 3.06. The predicted octanol–water partition coefficient (Wildman–Crippen LogP) is 1.92. The van der Waals surface area contributed by atoms with E-state index in [1.54, 1.807) is 0 Å². The molecule has 1 aliphatic rings. The average Bonchev–Trinajstić information content (AvgIpc) is 2.89. The molecule has 2 rings (SSSR count). The molecular weight excluding hydrogens is 212 g/mol. The predicted molar refractivity (Wildman–Crippen MR) is 68.7 cm³/mol. The lowest BCUT2D eigenvalue weighted by molar-refractivity contribution is 0.414. The molecule has 4 nitrogen and oxygen atoms in total. The van der Waals surface area contributed by atoms with Gasteiger partial charge >= 0.3 is 0 Å². The van der Waals surface area contributed by atoms with Crippen LogP contribution in [0.3, 0.4) is 0 Å². The molecule has 4 heteroatoms. The summed E-state index contributed by atoms with van der Waals surface area (Å²) in [6, 6.07) is 0. The minimum absolute atomic E-state index is 0.763. The SMILES string of the molecule is CCCC(CCN)CCc1nnc2n1CCC2. The van der Waals surface area contributed by atoms with Gasteiger partial charge in [-0.1, -0.05) is 19.8 Å². The minimum Gasteiger partial charge on any atom is -0.330 e. The normalized spacial score (nSPS) is 16.1. The smallest absolute Gasteiger partial charge is 0.133 e. The van der Waals surface area contributed by atoms with Crippen LogP contribution in [-0.4, -0.2) is 21.3 Å². The van der Waals surface area contributed by atoms with Crippen molar-refractivity contribution in [1.82, 2.24) is 14.8 Å². The lowest BCUT2D eigenvalue weighted by atomic mass is 9.94. The van der Waals surface area contributed by atoms with Gasteiger partial charge in [-0.15, -0.1) is 10.2 Å². The number of hydrogen-bond donors (Lipinski definition) is 1. The molecule has 1 aromatic heterocycles. The van der Waals surface area contributed by atoms with Crippen LogP contribution in [-0.2, 0) is 19.4 Å². The van der Waals surface area contributed by atoms with Crippen LogP contribution >= 0.6 is 0 Å². The van der Waals surface area contributed by atoms with Gasteiger partial charge in [0.2, 0.25) is 0 Å². The number of fused-ring (bicyclic) bond motifs is 1. The van der Waals surface area contributed by atoms with E-state index in [1.807, 2.05) is 0 Å². The van der Waals surface area contributed by atoms with Gasteiger partial charge in [-0.2, -0.15) is 0 Å². The van der Waals surface area contributed by atoms with Crippen molar-refractivity contribution in [3.05, 3.63) is 11.6 Å². The minimum atomic E-state index is 0.763. The first kappa shape index (κ1) is 12.6. The molecule has 0 amide bonds. The van der Waals surface area contributed by atoms with Crippen molar-refractivity contribution < 1.29 is 0 Å². The molecule has 1 atom stereocenters. The van der Waals surface area contributed by atoms with Crippen LogP contribution in [0.15, 0.2) is 0 Å². The van der Waals surface area contributed by atoms with Crippen molar-refractivity contribution in [2.75, 3.05) is 6.54 Å². The Hall–Kier alpha value is -0.900. The van der Waals surface area contributed by atoms with Gasteiger partial charge in [0.1, 0.15) is 11.6 Å². The van der Waals surface area contributed by atoms with Crippen molar-refractivity contribution in [3.8, 4) is 0 Å². The molecule has 0 bridgehead atoms. The van der Waals surface area contributed by atoms with Gasteiger partial charge in [0.25, 0.3) is 0 Å². The Morgan fingerprint density at radius 1 is 1.29 bits per heavy atom. The summed E-state index contributed by atoms with van der Waals surface area (Å²) in [6.45, 7) is 4.17. The Morgan fingerprint density at radius 3 is 2.94 bits per heavy atom. The van der Waals surface area contributed by atoms with E-state index >= 15 is 0 Å². The molecule has 17 heavy (non-hydrogen) atoms. The Bertz CT molecular complexity index is 339. The number of nitrogens with zero attached hydrogens (tertiary/aromatic N) is 3. The molecule has 0 fully saturated rings. The molecule has 0 aliphatic carbocycles. The second-order valence-electron chi connectivity index (χ2n) is 5.06. The van der Waals surface area contributed by atoms with E-state index in [1.165, 1.54) is 37.3 Å². The van der Waals surface area contributed by atoms with Gasteiger partial charge in [0.15, 0.2) is 0 Å². The first-order valence-corrected chi connectivity index (χ1v) is 6.96. The number of hydrogen-bond acceptors (Lipinski definition) is 3. The molecular formula is C13H24N4. The number of aryl methyl sites for hydroxylation is 2. The van der Waals surface area contributed by atoms with E-state index < -0.39 is 0 Å². The Balaban J connectivity index is 1.87. The molecule has 0 aromatic carbocycles. The summed E-state index contributed by atoms with van der Waals surface area (Å²) >= 11 is 0.